The van der Waals surface area contributed by atoms with Gasteiger partial charge in [-0.15, -0.1) is 11.3 Å². The van der Waals surface area contributed by atoms with Crippen molar-refractivity contribution in [3.8, 4) is 0 Å². The third-order valence-corrected chi connectivity index (χ3v) is 3.75. The van der Waals surface area contributed by atoms with E-state index in [9.17, 15) is 9.90 Å². The fourth-order valence-corrected chi connectivity index (χ4v) is 2.89. The molecule has 3 rings (SSSR count). The Morgan fingerprint density at radius 1 is 1.59 bits per heavy atom. The standard InChI is InChI=1S/C11H13N3O2S/c15-9-1-2-13(7-9)6-8-5-10(16)14-3-4-17-11(14)12-8/h3-5,9,15H,1-2,6-7H2/t9-/m1/s1. The molecule has 1 aliphatic heterocycles. The van der Waals surface area contributed by atoms with Gasteiger partial charge in [-0.3, -0.25) is 14.1 Å². The largest absolute Gasteiger partial charge is 0.392 e. The highest BCUT2D eigenvalue weighted by atomic mass is 32.1. The Balaban J connectivity index is 1.88. The molecule has 90 valence electrons. The van der Waals surface area contributed by atoms with Crippen LogP contribution in [0.1, 0.15) is 12.1 Å². The Morgan fingerprint density at radius 2 is 2.47 bits per heavy atom. The SMILES string of the molecule is O=c1cc(CN2CC[C@@H](O)C2)nc2sccn12. The van der Waals surface area contributed by atoms with Crippen LogP contribution in [0.4, 0.5) is 0 Å². The summed E-state index contributed by atoms with van der Waals surface area (Å²) in [5.41, 5.74) is 0.748. The van der Waals surface area contributed by atoms with E-state index in [1.807, 2.05) is 5.38 Å². The summed E-state index contributed by atoms with van der Waals surface area (Å²) < 4.78 is 1.55. The predicted octanol–water partition coefficient (Wildman–Crippen LogP) is 0.323. The number of β-amino-alcohol motifs (C(OH)–C–C–N with tert-alkyl or cyclic N) is 1. The molecule has 1 aliphatic rings. The van der Waals surface area contributed by atoms with Gasteiger partial charge >= 0.3 is 0 Å². The second-order valence-electron chi connectivity index (χ2n) is 4.32. The zero-order chi connectivity index (χ0) is 11.8. The summed E-state index contributed by atoms with van der Waals surface area (Å²) >= 11 is 1.46. The molecular weight excluding hydrogens is 238 g/mol. The smallest absolute Gasteiger partial charge is 0.258 e. The van der Waals surface area contributed by atoms with Crippen molar-refractivity contribution in [3.05, 3.63) is 33.7 Å². The molecule has 1 atom stereocenters. The molecule has 0 unspecified atom stereocenters. The van der Waals surface area contributed by atoms with E-state index in [1.165, 1.54) is 11.3 Å². The number of rotatable bonds is 2. The number of aromatic nitrogens is 2. The molecule has 1 N–H and O–H groups in total. The summed E-state index contributed by atoms with van der Waals surface area (Å²) in [6.45, 7) is 2.18. The van der Waals surface area contributed by atoms with E-state index in [4.69, 9.17) is 0 Å². The van der Waals surface area contributed by atoms with Gasteiger partial charge < -0.3 is 5.11 Å². The number of nitrogens with zero attached hydrogens (tertiary/aromatic N) is 3. The summed E-state index contributed by atoms with van der Waals surface area (Å²) in [5, 5.41) is 11.3. The molecule has 0 aromatic carbocycles. The number of hydrogen-bond acceptors (Lipinski definition) is 5. The number of aliphatic hydroxyl groups excluding tert-OH is 1. The van der Waals surface area contributed by atoms with E-state index in [1.54, 1.807) is 16.7 Å². The van der Waals surface area contributed by atoms with Gasteiger partial charge in [0, 0.05) is 37.3 Å². The maximum Gasteiger partial charge on any atom is 0.258 e. The van der Waals surface area contributed by atoms with Crippen molar-refractivity contribution < 1.29 is 5.11 Å². The first kappa shape index (κ1) is 10.9. The highest BCUT2D eigenvalue weighted by molar-refractivity contribution is 7.15. The minimum absolute atomic E-state index is 0.0361. The lowest BCUT2D eigenvalue weighted by Gasteiger charge is -2.13. The minimum Gasteiger partial charge on any atom is -0.392 e. The molecule has 0 aliphatic carbocycles. The number of thiazole rings is 1. The summed E-state index contributed by atoms with van der Waals surface area (Å²) in [6.07, 6.45) is 2.31. The molecule has 6 heteroatoms. The van der Waals surface area contributed by atoms with Crippen LogP contribution >= 0.6 is 11.3 Å². The van der Waals surface area contributed by atoms with E-state index < -0.39 is 0 Å². The second kappa shape index (κ2) is 4.21. The van der Waals surface area contributed by atoms with Gasteiger partial charge in [0.15, 0.2) is 4.96 Å². The third kappa shape index (κ3) is 2.11. The molecule has 2 aromatic heterocycles. The fourth-order valence-electron chi connectivity index (χ4n) is 2.15. The van der Waals surface area contributed by atoms with E-state index in [0.717, 1.165) is 23.6 Å². The Hall–Kier alpha value is -1.24. The molecule has 3 heterocycles. The van der Waals surface area contributed by atoms with Crippen LogP contribution in [0.3, 0.4) is 0 Å². The van der Waals surface area contributed by atoms with Crippen LogP contribution in [0.5, 0.6) is 0 Å². The molecule has 0 radical (unpaired) electrons. The van der Waals surface area contributed by atoms with E-state index >= 15 is 0 Å². The van der Waals surface area contributed by atoms with E-state index in [-0.39, 0.29) is 11.7 Å². The monoisotopic (exact) mass is 251 g/mol. The first-order chi connectivity index (χ1) is 8.22. The Morgan fingerprint density at radius 3 is 3.24 bits per heavy atom. The molecule has 0 saturated carbocycles. The molecule has 0 amide bonds. The topological polar surface area (TPSA) is 57.8 Å². The van der Waals surface area contributed by atoms with Gasteiger partial charge in [0.25, 0.3) is 5.56 Å². The van der Waals surface area contributed by atoms with Crippen molar-refractivity contribution >= 4 is 16.3 Å². The second-order valence-corrected chi connectivity index (χ2v) is 5.19. The summed E-state index contributed by atoms with van der Waals surface area (Å²) in [5.74, 6) is 0. The molecular formula is C11H13N3O2S. The molecule has 2 aromatic rings. The zero-order valence-corrected chi connectivity index (χ0v) is 10.1. The maximum atomic E-state index is 11.8. The molecule has 1 saturated heterocycles. The normalized spacial score (nSPS) is 21.4. The number of likely N-dealkylation sites (tertiary alicyclic amines) is 1. The summed E-state index contributed by atoms with van der Waals surface area (Å²) in [6, 6.07) is 1.57. The van der Waals surface area contributed by atoms with E-state index in [0.29, 0.717) is 13.1 Å². The quantitative estimate of drug-likeness (QED) is 0.835. The van der Waals surface area contributed by atoms with Crippen LogP contribution < -0.4 is 5.56 Å². The highest BCUT2D eigenvalue weighted by Gasteiger charge is 2.20. The van der Waals surface area contributed by atoms with Crippen molar-refractivity contribution in [1.29, 1.82) is 0 Å². The Kier molecular flexibility index (Phi) is 2.70. The molecule has 5 nitrogen and oxygen atoms in total. The molecule has 17 heavy (non-hydrogen) atoms. The van der Waals surface area contributed by atoms with Crippen LogP contribution in [-0.4, -0.2) is 38.6 Å². The molecule has 0 spiro atoms. The fraction of sp³-hybridized carbons (Fsp3) is 0.455. The summed E-state index contributed by atoms with van der Waals surface area (Å²) in [7, 11) is 0. The first-order valence-corrected chi connectivity index (χ1v) is 6.46. The average Bonchev–Trinajstić information content (AvgIpc) is 2.87. The van der Waals surface area contributed by atoms with Crippen molar-refractivity contribution in [3.63, 3.8) is 0 Å². The third-order valence-electron chi connectivity index (χ3n) is 2.99. The van der Waals surface area contributed by atoms with Gasteiger partial charge in [-0.05, 0) is 6.42 Å². The Labute approximate surface area is 102 Å². The Bertz CT molecular complexity index is 592. The predicted molar refractivity (Wildman–Crippen MR) is 65.2 cm³/mol. The molecule has 1 fully saturated rings. The zero-order valence-electron chi connectivity index (χ0n) is 9.24. The average molecular weight is 251 g/mol. The van der Waals surface area contributed by atoms with Crippen molar-refractivity contribution in [1.82, 2.24) is 14.3 Å². The number of fused-ring (bicyclic) bond motifs is 1. The van der Waals surface area contributed by atoms with Crippen molar-refractivity contribution in [2.24, 2.45) is 0 Å². The van der Waals surface area contributed by atoms with Gasteiger partial charge in [-0.25, -0.2) is 4.98 Å². The van der Waals surface area contributed by atoms with Crippen LogP contribution in [-0.2, 0) is 6.54 Å². The lowest BCUT2D eigenvalue weighted by atomic mass is 10.3. The first-order valence-electron chi connectivity index (χ1n) is 5.58. The van der Waals surface area contributed by atoms with Crippen molar-refractivity contribution in [2.75, 3.05) is 13.1 Å². The van der Waals surface area contributed by atoms with Gasteiger partial charge in [0.05, 0.1) is 11.8 Å². The number of aliphatic hydroxyl groups is 1. The van der Waals surface area contributed by atoms with Crippen LogP contribution in [0.15, 0.2) is 22.4 Å². The van der Waals surface area contributed by atoms with Gasteiger partial charge in [-0.2, -0.15) is 0 Å². The van der Waals surface area contributed by atoms with Gasteiger partial charge in [0.2, 0.25) is 0 Å². The lowest BCUT2D eigenvalue weighted by Crippen LogP contribution is -2.23. The van der Waals surface area contributed by atoms with Crippen LogP contribution in [0, 0.1) is 0 Å². The number of hydrogen-bond donors (Lipinski definition) is 1. The highest BCUT2D eigenvalue weighted by Crippen LogP contribution is 2.13. The maximum absolute atomic E-state index is 11.8. The lowest BCUT2D eigenvalue weighted by molar-refractivity contribution is 0.174. The minimum atomic E-state index is -0.235. The molecule has 0 bridgehead atoms. The van der Waals surface area contributed by atoms with Gasteiger partial charge in [-0.1, -0.05) is 0 Å². The van der Waals surface area contributed by atoms with Crippen molar-refractivity contribution in [2.45, 2.75) is 19.1 Å². The summed E-state index contributed by atoms with van der Waals surface area (Å²) in [4.78, 5) is 19.1. The van der Waals surface area contributed by atoms with Crippen LogP contribution in [0.2, 0.25) is 0 Å². The van der Waals surface area contributed by atoms with Gasteiger partial charge in [0.1, 0.15) is 0 Å². The van der Waals surface area contributed by atoms with E-state index in [2.05, 4.69) is 9.88 Å². The van der Waals surface area contributed by atoms with Crippen LogP contribution in [0.25, 0.3) is 4.96 Å².